The van der Waals surface area contributed by atoms with Crippen LogP contribution in [0.25, 0.3) is 5.57 Å². The van der Waals surface area contributed by atoms with Gasteiger partial charge in [-0.2, -0.15) is 0 Å². The van der Waals surface area contributed by atoms with E-state index in [1.54, 1.807) is 26.0 Å². The number of ether oxygens (including phenoxy) is 1. The van der Waals surface area contributed by atoms with Crippen LogP contribution < -0.4 is 9.80 Å². The van der Waals surface area contributed by atoms with Gasteiger partial charge in [0.1, 0.15) is 17.3 Å². The second-order valence-corrected chi connectivity index (χ2v) is 13.9. The third-order valence-corrected chi connectivity index (χ3v) is 9.76. The second kappa shape index (κ2) is 18.4. The van der Waals surface area contributed by atoms with Crippen molar-refractivity contribution in [1.82, 2.24) is 0 Å². The van der Waals surface area contributed by atoms with E-state index in [0.29, 0.717) is 42.2 Å². The first-order chi connectivity index (χ1) is 26.0. The van der Waals surface area contributed by atoms with Crippen molar-refractivity contribution >= 4 is 46.0 Å². The summed E-state index contributed by atoms with van der Waals surface area (Å²) in [5, 5.41) is 22.7. The van der Waals surface area contributed by atoms with E-state index in [4.69, 9.17) is 4.74 Å². The number of hydrogen-bond donors (Lipinski definition) is 2. The van der Waals surface area contributed by atoms with Crippen molar-refractivity contribution in [3.05, 3.63) is 124 Å². The van der Waals surface area contributed by atoms with Crippen LogP contribution in [0.3, 0.4) is 0 Å². The van der Waals surface area contributed by atoms with Gasteiger partial charge in [-0.1, -0.05) is 75.4 Å². The number of nitrogens with zero attached hydrogens (tertiary/aromatic N) is 2. The molecule has 54 heavy (non-hydrogen) atoms. The highest BCUT2D eigenvalue weighted by molar-refractivity contribution is 6.41. The summed E-state index contributed by atoms with van der Waals surface area (Å²) in [6, 6.07) is 22.2. The average molecular weight is 731 g/mol. The lowest BCUT2D eigenvalue weighted by molar-refractivity contribution is -0.143. The zero-order chi connectivity index (χ0) is 38.8. The lowest BCUT2D eigenvalue weighted by Gasteiger charge is -2.31. The molecule has 9 heteroatoms. The maximum atomic E-state index is 13.8. The van der Waals surface area contributed by atoms with E-state index < -0.39 is 11.6 Å². The molecule has 2 N–H and O–H groups in total. The number of aryl methyl sites for hydroxylation is 1. The predicted octanol–water partition coefficient (Wildman–Crippen LogP) is 9.18. The standard InChI is InChI=1S/C45H50N2O7/c1-5-6-7-8-9-16-25-54-39(51)22-24-47(34-19-14-11-15-20-34)36-27-31(3)41(38(50)29-36)43-44(52)42(45(43)53)40-30(2)26-35(28-37(40)49)46(23-21-32(4)48)33-17-12-10-13-18-33/h10-15,17-20,26-29,50,52H,5-9,16,21-25H2,1-4H3. The molecule has 0 heterocycles. The number of aliphatic hydroxyl groups excluding tert-OH is 1. The number of benzene rings is 3. The van der Waals surface area contributed by atoms with Crippen LogP contribution in [-0.4, -0.2) is 53.2 Å². The summed E-state index contributed by atoms with van der Waals surface area (Å²) in [6.07, 6.45) is 10.2. The lowest BCUT2D eigenvalue weighted by atomic mass is 9.76. The Hall–Kier alpha value is -5.70. The molecule has 0 amide bonds. The fraction of sp³-hybridized carbons (Fsp3) is 0.333. The van der Waals surface area contributed by atoms with Crippen LogP contribution in [0.1, 0.15) is 83.3 Å². The number of phenolic OH excluding ortho intramolecular Hbond substituents is 1. The van der Waals surface area contributed by atoms with E-state index in [1.165, 1.54) is 38.3 Å². The number of unbranched alkanes of at least 4 members (excludes halogenated alkanes) is 5. The molecular weight excluding hydrogens is 681 g/mol. The second-order valence-electron chi connectivity index (χ2n) is 13.9. The SMILES string of the molecule is CCCCCCCCOC(=O)CCN(c1ccccc1)c1cc(C)c(C2=C(O)C(=C3C(=O)C=C(N(CCC(C)=O)c4ccccc4)C=C3C)C2=O)c(O)c1. The maximum absolute atomic E-state index is 13.8. The molecule has 282 valence electrons. The molecule has 2 aliphatic rings. The summed E-state index contributed by atoms with van der Waals surface area (Å²) in [6.45, 7) is 8.19. The molecule has 0 aliphatic heterocycles. The Kier molecular flexibility index (Phi) is 13.4. The van der Waals surface area contributed by atoms with Gasteiger partial charge in [-0.3, -0.25) is 19.2 Å². The molecule has 0 atom stereocenters. The summed E-state index contributed by atoms with van der Waals surface area (Å²) in [5.41, 5.74) is 3.93. The molecule has 0 bridgehead atoms. The van der Waals surface area contributed by atoms with E-state index in [-0.39, 0.29) is 58.4 Å². The van der Waals surface area contributed by atoms with E-state index >= 15 is 0 Å². The van der Waals surface area contributed by atoms with Gasteiger partial charge in [0.2, 0.25) is 5.78 Å². The van der Waals surface area contributed by atoms with Gasteiger partial charge in [-0.15, -0.1) is 0 Å². The Bertz CT molecular complexity index is 1980. The van der Waals surface area contributed by atoms with Crippen LogP contribution >= 0.6 is 0 Å². The van der Waals surface area contributed by atoms with Gasteiger partial charge < -0.3 is 24.7 Å². The first-order valence-electron chi connectivity index (χ1n) is 18.8. The number of para-hydroxylation sites is 2. The van der Waals surface area contributed by atoms with Gasteiger partial charge in [-0.05, 0) is 74.7 Å². The minimum Gasteiger partial charge on any atom is -0.507 e. The molecule has 0 fully saturated rings. The Balaban J connectivity index is 1.37. The number of aromatic hydroxyl groups is 1. The zero-order valence-electron chi connectivity index (χ0n) is 31.7. The fourth-order valence-corrected chi connectivity index (χ4v) is 6.95. The molecule has 9 nitrogen and oxygen atoms in total. The van der Waals surface area contributed by atoms with Crippen LogP contribution in [0.2, 0.25) is 0 Å². The fourth-order valence-electron chi connectivity index (χ4n) is 6.95. The third-order valence-electron chi connectivity index (χ3n) is 9.76. The average Bonchev–Trinajstić information content (AvgIpc) is 3.15. The molecule has 0 unspecified atom stereocenters. The third kappa shape index (κ3) is 9.26. The number of rotatable bonds is 18. The lowest BCUT2D eigenvalue weighted by Crippen LogP contribution is -2.30. The first-order valence-corrected chi connectivity index (χ1v) is 18.8. The molecule has 0 saturated carbocycles. The van der Waals surface area contributed by atoms with E-state index in [2.05, 4.69) is 6.92 Å². The molecule has 3 aromatic carbocycles. The largest absolute Gasteiger partial charge is 0.507 e. The molecule has 0 spiro atoms. The van der Waals surface area contributed by atoms with Crippen molar-refractivity contribution in [2.45, 2.75) is 79.1 Å². The summed E-state index contributed by atoms with van der Waals surface area (Å²) in [7, 11) is 0. The van der Waals surface area contributed by atoms with Crippen LogP contribution in [0.4, 0.5) is 17.1 Å². The maximum Gasteiger partial charge on any atom is 0.307 e. The van der Waals surface area contributed by atoms with Gasteiger partial charge in [0.05, 0.1) is 24.2 Å². The molecule has 0 aromatic heterocycles. The smallest absolute Gasteiger partial charge is 0.307 e. The normalized spacial score (nSPS) is 15.4. The number of allylic oxidation sites excluding steroid dienone is 6. The summed E-state index contributed by atoms with van der Waals surface area (Å²) >= 11 is 0. The van der Waals surface area contributed by atoms with Crippen molar-refractivity contribution in [3.63, 3.8) is 0 Å². The van der Waals surface area contributed by atoms with E-state index in [1.807, 2.05) is 70.5 Å². The Morgan fingerprint density at radius 3 is 1.91 bits per heavy atom. The number of esters is 1. The highest BCUT2D eigenvalue weighted by atomic mass is 16.5. The topological polar surface area (TPSA) is 124 Å². The van der Waals surface area contributed by atoms with E-state index in [0.717, 1.165) is 30.6 Å². The van der Waals surface area contributed by atoms with Gasteiger partial charge >= 0.3 is 5.97 Å². The van der Waals surface area contributed by atoms with Crippen molar-refractivity contribution in [2.75, 3.05) is 29.5 Å². The van der Waals surface area contributed by atoms with Crippen molar-refractivity contribution in [2.24, 2.45) is 0 Å². The highest BCUT2D eigenvalue weighted by Crippen LogP contribution is 2.46. The predicted molar refractivity (Wildman–Crippen MR) is 213 cm³/mol. The number of aliphatic hydroxyl groups is 1. The molecule has 0 radical (unpaired) electrons. The molecular formula is C45H50N2O7. The molecule has 0 saturated heterocycles. The van der Waals surface area contributed by atoms with Gasteiger partial charge in [0.15, 0.2) is 5.78 Å². The number of Topliss-reactive ketones (excluding diaryl/α,β-unsaturated/α-hetero) is 2. The van der Waals surface area contributed by atoms with Crippen LogP contribution in [-0.2, 0) is 23.9 Å². The number of phenols is 1. The van der Waals surface area contributed by atoms with Gasteiger partial charge in [-0.25, -0.2) is 0 Å². The summed E-state index contributed by atoms with van der Waals surface area (Å²) < 4.78 is 5.51. The Morgan fingerprint density at radius 2 is 1.31 bits per heavy atom. The Morgan fingerprint density at radius 1 is 0.704 bits per heavy atom. The number of anilines is 3. The highest BCUT2D eigenvalue weighted by Gasteiger charge is 2.41. The van der Waals surface area contributed by atoms with Gasteiger partial charge in [0, 0.05) is 65.5 Å². The van der Waals surface area contributed by atoms with Gasteiger partial charge in [0.25, 0.3) is 0 Å². The number of ketones is 3. The molecule has 3 aromatic rings. The minimum atomic E-state index is -0.545. The molecule has 5 rings (SSSR count). The van der Waals surface area contributed by atoms with Crippen LogP contribution in [0.5, 0.6) is 5.75 Å². The number of carbonyl (C=O) groups excluding carboxylic acids is 4. The zero-order valence-corrected chi connectivity index (χ0v) is 31.7. The number of carbonyl (C=O) groups is 4. The molecule has 2 aliphatic carbocycles. The summed E-state index contributed by atoms with van der Waals surface area (Å²) in [5.74, 6) is -1.85. The quantitative estimate of drug-likeness (QED) is 0.0749. The van der Waals surface area contributed by atoms with Crippen molar-refractivity contribution in [1.29, 1.82) is 0 Å². The van der Waals surface area contributed by atoms with Crippen LogP contribution in [0, 0.1) is 6.92 Å². The summed E-state index contributed by atoms with van der Waals surface area (Å²) in [4.78, 5) is 55.7. The van der Waals surface area contributed by atoms with Crippen molar-refractivity contribution < 1.29 is 34.1 Å². The number of hydrogen-bond acceptors (Lipinski definition) is 9. The minimum absolute atomic E-state index is 0.0166. The van der Waals surface area contributed by atoms with E-state index in [9.17, 15) is 29.4 Å². The van der Waals surface area contributed by atoms with Crippen molar-refractivity contribution in [3.8, 4) is 5.75 Å². The first kappa shape index (κ1) is 39.5. The Labute approximate surface area is 317 Å². The monoisotopic (exact) mass is 730 g/mol. The van der Waals surface area contributed by atoms with Crippen LogP contribution in [0.15, 0.2) is 113 Å².